The Morgan fingerprint density at radius 3 is 2.79 bits per heavy atom. The monoisotopic (exact) mass is 382 g/mol. The molecule has 28 heavy (non-hydrogen) atoms. The molecule has 7 heteroatoms. The number of hydrogen-bond donors (Lipinski definition) is 1. The number of nitrogens with one attached hydrogen (secondary N) is 1. The van der Waals surface area contributed by atoms with Crippen LogP contribution in [0.3, 0.4) is 0 Å². The second-order valence-corrected chi connectivity index (χ2v) is 7.72. The van der Waals surface area contributed by atoms with Gasteiger partial charge >= 0.3 is 0 Å². The Kier molecular flexibility index (Phi) is 4.83. The van der Waals surface area contributed by atoms with Crippen LogP contribution in [-0.2, 0) is 4.79 Å². The van der Waals surface area contributed by atoms with E-state index in [1.807, 2.05) is 0 Å². The molecule has 1 aromatic heterocycles. The highest BCUT2D eigenvalue weighted by Gasteiger charge is 2.50. The molecular weight excluding hydrogens is 359 g/mol. The highest BCUT2D eigenvalue weighted by atomic mass is 19.1. The van der Waals surface area contributed by atoms with E-state index in [0.29, 0.717) is 30.2 Å². The predicted octanol–water partition coefficient (Wildman–Crippen LogP) is 3.02. The van der Waals surface area contributed by atoms with Crippen LogP contribution in [0.1, 0.15) is 48.3 Å². The summed E-state index contributed by atoms with van der Waals surface area (Å²) in [5.41, 5.74) is -0.0189. The van der Waals surface area contributed by atoms with E-state index in [4.69, 9.17) is 0 Å². The van der Waals surface area contributed by atoms with Gasteiger partial charge in [-0.1, -0.05) is 6.42 Å². The van der Waals surface area contributed by atoms with Gasteiger partial charge in [-0.3, -0.25) is 14.5 Å². The van der Waals surface area contributed by atoms with Crippen molar-refractivity contribution in [3.05, 3.63) is 53.7 Å². The SMILES string of the molecule is Cc1nccc(N2CC[C@]3(CCC[C@@H](NC(=O)c4ccc(F)cc4)C3)C2=O)n1. The van der Waals surface area contributed by atoms with Crippen LogP contribution in [-0.4, -0.2) is 34.4 Å². The average Bonchev–Trinajstić information content (AvgIpc) is 2.98. The van der Waals surface area contributed by atoms with E-state index in [1.165, 1.54) is 24.3 Å². The highest BCUT2D eigenvalue weighted by molar-refractivity contribution is 5.99. The Balaban J connectivity index is 1.46. The molecule has 1 aromatic carbocycles. The molecule has 146 valence electrons. The van der Waals surface area contributed by atoms with E-state index in [0.717, 1.165) is 25.7 Å². The van der Waals surface area contributed by atoms with Gasteiger partial charge in [0.2, 0.25) is 5.91 Å². The van der Waals surface area contributed by atoms with Crippen LogP contribution in [0.5, 0.6) is 0 Å². The van der Waals surface area contributed by atoms with Gasteiger partial charge in [-0.25, -0.2) is 14.4 Å². The summed E-state index contributed by atoms with van der Waals surface area (Å²) in [6.45, 7) is 2.44. The minimum Gasteiger partial charge on any atom is -0.349 e. The van der Waals surface area contributed by atoms with Crippen molar-refractivity contribution in [1.29, 1.82) is 0 Å². The zero-order valence-corrected chi connectivity index (χ0v) is 15.8. The number of amides is 2. The Bertz CT molecular complexity index is 902. The number of carbonyl (C=O) groups excluding carboxylic acids is 2. The number of nitrogens with zero attached hydrogens (tertiary/aromatic N) is 3. The zero-order chi connectivity index (χ0) is 19.7. The number of hydrogen-bond acceptors (Lipinski definition) is 4. The number of aromatic nitrogens is 2. The molecule has 2 heterocycles. The molecule has 0 bridgehead atoms. The quantitative estimate of drug-likeness (QED) is 0.885. The number of anilines is 1. The molecule has 1 saturated heterocycles. The summed E-state index contributed by atoms with van der Waals surface area (Å²) in [7, 11) is 0. The third-order valence-corrected chi connectivity index (χ3v) is 5.84. The molecule has 4 rings (SSSR count). The summed E-state index contributed by atoms with van der Waals surface area (Å²) >= 11 is 0. The predicted molar refractivity (Wildman–Crippen MR) is 102 cm³/mol. The molecular formula is C21H23FN4O2. The van der Waals surface area contributed by atoms with Crippen LogP contribution >= 0.6 is 0 Å². The maximum Gasteiger partial charge on any atom is 0.251 e. The first-order valence-electron chi connectivity index (χ1n) is 9.65. The van der Waals surface area contributed by atoms with Crippen molar-refractivity contribution in [2.24, 2.45) is 5.41 Å². The van der Waals surface area contributed by atoms with Crippen LogP contribution in [0.15, 0.2) is 36.5 Å². The van der Waals surface area contributed by atoms with Gasteiger partial charge in [-0.2, -0.15) is 0 Å². The molecule has 6 nitrogen and oxygen atoms in total. The van der Waals surface area contributed by atoms with Gasteiger partial charge in [0, 0.05) is 24.3 Å². The third kappa shape index (κ3) is 3.48. The minimum atomic E-state index is -0.447. The molecule has 2 amide bonds. The van der Waals surface area contributed by atoms with Crippen molar-refractivity contribution in [1.82, 2.24) is 15.3 Å². The van der Waals surface area contributed by atoms with Crippen LogP contribution in [0.2, 0.25) is 0 Å². The molecule has 2 aliphatic rings. The van der Waals surface area contributed by atoms with Crippen molar-refractivity contribution in [3.63, 3.8) is 0 Å². The molecule has 2 fully saturated rings. The normalized spacial score (nSPS) is 24.6. The minimum absolute atomic E-state index is 0.0673. The lowest BCUT2D eigenvalue weighted by Gasteiger charge is -2.36. The molecule has 0 radical (unpaired) electrons. The number of halogens is 1. The van der Waals surface area contributed by atoms with Gasteiger partial charge in [-0.15, -0.1) is 0 Å². The maximum absolute atomic E-state index is 13.2. The van der Waals surface area contributed by atoms with Gasteiger partial charge in [0.15, 0.2) is 0 Å². The van der Waals surface area contributed by atoms with E-state index in [-0.39, 0.29) is 23.7 Å². The fraction of sp³-hybridized carbons (Fsp3) is 0.429. The van der Waals surface area contributed by atoms with Gasteiger partial charge in [0.05, 0.1) is 5.41 Å². The number of rotatable bonds is 3. The fourth-order valence-corrected chi connectivity index (χ4v) is 4.41. The molecule has 1 saturated carbocycles. The first-order valence-corrected chi connectivity index (χ1v) is 9.65. The lowest BCUT2D eigenvalue weighted by molar-refractivity contribution is -0.127. The number of carbonyl (C=O) groups is 2. The average molecular weight is 382 g/mol. The van der Waals surface area contributed by atoms with Gasteiger partial charge in [0.1, 0.15) is 17.5 Å². The van der Waals surface area contributed by atoms with Crippen LogP contribution in [0, 0.1) is 18.2 Å². The van der Waals surface area contributed by atoms with Crippen molar-refractivity contribution in [2.45, 2.75) is 45.1 Å². The Morgan fingerprint density at radius 1 is 1.25 bits per heavy atom. The van der Waals surface area contributed by atoms with E-state index < -0.39 is 5.41 Å². The molecule has 1 aliphatic heterocycles. The second kappa shape index (κ2) is 7.30. The molecule has 0 unspecified atom stereocenters. The first-order chi connectivity index (χ1) is 13.5. The number of aryl methyl sites for hydroxylation is 1. The van der Waals surface area contributed by atoms with Crippen LogP contribution in [0.4, 0.5) is 10.2 Å². The third-order valence-electron chi connectivity index (χ3n) is 5.84. The molecule has 2 atom stereocenters. The highest BCUT2D eigenvalue weighted by Crippen LogP contribution is 2.45. The Labute approximate surface area is 163 Å². The zero-order valence-electron chi connectivity index (χ0n) is 15.8. The van der Waals surface area contributed by atoms with Gasteiger partial charge in [0.25, 0.3) is 5.91 Å². The lowest BCUT2D eigenvalue weighted by atomic mass is 9.71. The largest absolute Gasteiger partial charge is 0.349 e. The van der Waals surface area contributed by atoms with E-state index in [9.17, 15) is 14.0 Å². The summed E-state index contributed by atoms with van der Waals surface area (Å²) in [5.74, 6) is 0.776. The molecule has 1 aliphatic carbocycles. The van der Waals surface area contributed by atoms with Gasteiger partial charge in [-0.05, 0) is 62.9 Å². The molecule has 1 N–H and O–H groups in total. The van der Waals surface area contributed by atoms with E-state index in [2.05, 4.69) is 15.3 Å². The van der Waals surface area contributed by atoms with E-state index in [1.54, 1.807) is 24.1 Å². The van der Waals surface area contributed by atoms with Crippen molar-refractivity contribution in [3.8, 4) is 0 Å². The molecule has 1 spiro atoms. The van der Waals surface area contributed by atoms with Crippen molar-refractivity contribution in [2.75, 3.05) is 11.4 Å². The van der Waals surface area contributed by atoms with E-state index >= 15 is 0 Å². The maximum atomic E-state index is 13.2. The smallest absolute Gasteiger partial charge is 0.251 e. The summed E-state index contributed by atoms with van der Waals surface area (Å²) in [5, 5.41) is 3.03. The number of benzene rings is 1. The van der Waals surface area contributed by atoms with Crippen LogP contribution < -0.4 is 10.2 Å². The standard InChI is InChI=1S/C21H23FN4O2/c1-14-23-11-8-18(24-14)26-12-10-21(20(26)28)9-2-3-17(13-21)25-19(27)15-4-6-16(22)7-5-15/h4-8,11,17H,2-3,9-10,12-13H2,1H3,(H,25,27)/t17-,21+/m1/s1. The lowest BCUT2D eigenvalue weighted by Crippen LogP contribution is -2.46. The Hall–Kier alpha value is -2.83. The summed E-state index contributed by atoms with van der Waals surface area (Å²) < 4.78 is 13.1. The first kappa shape index (κ1) is 18.5. The summed E-state index contributed by atoms with van der Waals surface area (Å²) in [6.07, 6.45) is 5.61. The molecule has 2 aromatic rings. The van der Waals surface area contributed by atoms with Crippen LogP contribution in [0.25, 0.3) is 0 Å². The van der Waals surface area contributed by atoms with Gasteiger partial charge < -0.3 is 5.32 Å². The summed E-state index contributed by atoms with van der Waals surface area (Å²) in [6, 6.07) is 7.20. The van der Waals surface area contributed by atoms with Crippen molar-refractivity contribution < 1.29 is 14.0 Å². The topological polar surface area (TPSA) is 75.2 Å². The summed E-state index contributed by atoms with van der Waals surface area (Å²) in [4.78, 5) is 36.0. The second-order valence-electron chi connectivity index (χ2n) is 7.72. The van der Waals surface area contributed by atoms with Crippen molar-refractivity contribution >= 4 is 17.6 Å². The Morgan fingerprint density at radius 2 is 2.04 bits per heavy atom. The fourth-order valence-electron chi connectivity index (χ4n) is 4.41.